The molecule has 7 fully saturated rings. The average molecular weight is 957 g/mol. The van der Waals surface area contributed by atoms with Crippen LogP contribution >= 0.6 is 0 Å². The Balaban J connectivity index is 1.03. The van der Waals surface area contributed by atoms with Gasteiger partial charge in [-0.2, -0.15) is 0 Å². The second-order valence-electron chi connectivity index (χ2n) is 23.1. The van der Waals surface area contributed by atoms with E-state index in [9.17, 15) is 60.7 Å². The monoisotopic (exact) mass is 956 g/mol. The first-order chi connectivity index (χ1) is 31.4. The third-order valence-electron chi connectivity index (χ3n) is 19.2. The van der Waals surface area contributed by atoms with E-state index in [4.69, 9.17) is 33.2 Å². The molecule has 0 aromatic rings. The normalized spacial score (nSPS) is 52.9. The summed E-state index contributed by atoms with van der Waals surface area (Å²) in [6, 6.07) is 0. The van der Waals surface area contributed by atoms with E-state index in [1.54, 1.807) is 0 Å². The summed E-state index contributed by atoms with van der Waals surface area (Å²) in [6.45, 7) is 12.1. The number of aliphatic hydroxyl groups is 10. The molecule has 0 aromatic carbocycles. The highest BCUT2D eigenvalue weighted by Crippen LogP contribution is 2.76. The molecule has 3 aliphatic heterocycles. The Hall–Kier alpha value is -1.92. The molecule has 3 heterocycles. The summed E-state index contributed by atoms with van der Waals surface area (Å²) in [4.78, 5) is 27.8. The standard InChI is InChI=1S/C48H76O19/c1-43(2)14-16-48(42(60)67-40-34(57)31(54)30(53)25(19-49)63-40)17-15-46(5)22(23(48)18-43)8-9-27-44(3)12-11-28(45(4,21-50)26(44)10-13-47(27,46)6)64-41-35(58)32(55)36(37(66-41)38(59)61-7)65-39-33(56)29(52)24(51)20-62-39/h8,23-37,39-41,49-58H,9-21H2,1-7H3/t23-,24+,25+,26+,27+,28-,29-,30+,31-,32+,33+,34+,35+,36-,37-,39-,40-,41+,44-,45-,46+,47+,48-/m0/s1. The maximum absolute atomic E-state index is 14.7. The molecule has 0 bridgehead atoms. The van der Waals surface area contributed by atoms with Gasteiger partial charge in [0.15, 0.2) is 18.7 Å². The van der Waals surface area contributed by atoms with Crippen LogP contribution < -0.4 is 0 Å². The quantitative estimate of drug-likeness (QED) is 0.0822. The van der Waals surface area contributed by atoms with Crippen LogP contribution in [0.3, 0.4) is 0 Å². The summed E-state index contributed by atoms with van der Waals surface area (Å²) in [5.41, 5.74) is -1.52. The first kappa shape index (κ1) is 51.4. The Morgan fingerprint density at radius 3 is 2.06 bits per heavy atom. The predicted octanol–water partition coefficient (Wildman–Crippen LogP) is -0.0673. The summed E-state index contributed by atoms with van der Waals surface area (Å²) in [7, 11) is 1.11. The van der Waals surface area contributed by atoms with Crippen molar-refractivity contribution in [3.8, 4) is 0 Å². The van der Waals surface area contributed by atoms with E-state index in [0.29, 0.717) is 32.1 Å². The SMILES string of the molecule is COC(=O)[C@H]1O[C@@H](O[C@H]2CC[C@@]3(C)[C@@H](CC[C@]4(C)[C@@H]3CC=C3[C@@H]5CC(C)(C)CC[C@]5(C(=O)O[C@@H]5O[C@H](CO)[C@@H](O)[C@H](O)[C@H]5O)CC[C@]34C)[C@]2(C)CO)[C@H](O)[C@@H](O)[C@@H]1O[C@@H]1OC[C@@H](O)[C@H](O)[C@H]1O. The van der Waals surface area contributed by atoms with Gasteiger partial charge in [0, 0.05) is 5.41 Å². The number of carbonyl (C=O) groups excluding carboxylic acids is 2. The molecule has 4 saturated carbocycles. The van der Waals surface area contributed by atoms with Crippen LogP contribution in [-0.4, -0.2) is 182 Å². The van der Waals surface area contributed by atoms with Crippen LogP contribution in [0.5, 0.6) is 0 Å². The number of methoxy groups -OCH3 is 1. The molecule has 8 rings (SSSR count). The zero-order valence-corrected chi connectivity index (χ0v) is 39.8. The van der Waals surface area contributed by atoms with Crippen LogP contribution in [0.1, 0.15) is 106 Å². The average Bonchev–Trinajstić information content (AvgIpc) is 3.29. The van der Waals surface area contributed by atoms with E-state index >= 15 is 0 Å². The zero-order chi connectivity index (χ0) is 49.0. The molecular formula is C48H76O19. The molecule has 382 valence electrons. The van der Waals surface area contributed by atoms with E-state index < -0.39 is 128 Å². The van der Waals surface area contributed by atoms with Crippen LogP contribution in [0.2, 0.25) is 0 Å². The lowest BCUT2D eigenvalue weighted by atomic mass is 9.33. The Morgan fingerprint density at radius 1 is 0.716 bits per heavy atom. The van der Waals surface area contributed by atoms with Gasteiger partial charge in [-0.1, -0.05) is 53.2 Å². The summed E-state index contributed by atoms with van der Waals surface area (Å²) in [5, 5.41) is 107. The molecule has 0 aromatic heterocycles. The maximum Gasteiger partial charge on any atom is 0.337 e. The first-order valence-corrected chi connectivity index (χ1v) is 24.3. The summed E-state index contributed by atoms with van der Waals surface area (Å²) < 4.78 is 40.3. The van der Waals surface area contributed by atoms with Crippen molar-refractivity contribution in [2.45, 2.75) is 198 Å². The van der Waals surface area contributed by atoms with Gasteiger partial charge in [0.2, 0.25) is 6.29 Å². The van der Waals surface area contributed by atoms with Gasteiger partial charge in [0.05, 0.1) is 38.4 Å². The fraction of sp³-hybridized carbons (Fsp3) is 0.917. The van der Waals surface area contributed by atoms with Crippen molar-refractivity contribution < 1.29 is 93.8 Å². The number of aliphatic hydroxyl groups excluding tert-OH is 10. The molecule has 0 unspecified atom stereocenters. The number of fused-ring (bicyclic) bond motifs is 7. The molecule has 8 aliphatic rings. The van der Waals surface area contributed by atoms with Gasteiger partial charge < -0.3 is 84.2 Å². The number of esters is 2. The van der Waals surface area contributed by atoms with Gasteiger partial charge in [-0.25, -0.2) is 4.79 Å². The Labute approximate surface area is 391 Å². The highest BCUT2D eigenvalue weighted by Gasteiger charge is 2.70. The van der Waals surface area contributed by atoms with Crippen molar-refractivity contribution in [1.29, 1.82) is 0 Å². The van der Waals surface area contributed by atoms with Gasteiger partial charge in [0.25, 0.3) is 0 Å². The highest BCUT2D eigenvalue weighted by atomic mass is 16.7. The number of ether oxygens (including phenoxy) is 7. The van der Waals surface area contributed by atoms with Gasteiger partial charge in [-0.3, -0.25) is 4.79 Å². The van der Waals surface area contributed by atoms with Gasteiger partial charge in [-0.05, 0) is 104 Å². The number of hydrogen-bond donors (Lipinski definition) is 10. The molecule has 67 heavy (non-hydrogen) atoms. The van der Waals surface area contributed by atoms with Crippen molar-refractivity contribution in [3.63, 3.8) is 0 Å². The minimum Gasteiger partial charge on any atom is -0.467 e. The fourth-order valence-electron chi connectivity index (χ4n) is 14.9. The number of hydrogen-bond acceptors (Lipinski definition) is 19. The van der Waals surface area contributed by atoms with Gasteiger partial charge in [-0.15, -0.1) is 0 Å². The molecule has 0 radical (unpaired) electrons. The zero-order valence-electron chi connectivity index (χ0n) is 39.8. The lowest BCUT2D eigenvalue weighted by molar-refractivity contribution is -0.356. The second kappa shape index (κ2) is 18.3. The van der Waals surface area contributed by atoms with E-state index in [0.717, 1.165) is 39.2 Å². The summed E-state index contributed by atoms with van der Waals surface area (Å²) in [6.07, 6.45) is -14.3. The van der Waals surface area contributed by atoms with Crippen molar-refractivity contribution >= 4 is 11.9 Å². The third kappa shape index (κ3) is 8.06. The Bertz CT molecular complexity index is 1860. The van der Waals surface area contributed by atoms with E-state index in [1.165, 1.54) is 5.57 Å². The van der Waals surface area contributed by atoms with E-state index in [2.05, 4.69) is 40.7 Å². The van der Waals surface area contributed by atoms with Crippen molar-refractivity contribution in [1.82, 2.24) is 0 Å². The molecule has 0 spiro atoms. The van der Waals surface area contributed by atoms with E-state index in [-0.39, 0.29) is 46.0 Å². The molecular weight excluding hydrogens is 881 g/mol. The van der Waals surface area contributed by atoms with Crippen LogP contribution in [0, 0.1) is 50.2 Å². The Kier molecular flexibility index (Phi) is 14.0. The molecule has 3 saturated heterocycles. The van der Waals surface area contributed by atoms with Crippen molar-refractivity contribution in [2.24, 2.45) is 50.2 Å². The lowest BCUT2D eigenvalue weighted by Crippen LogP contribution is -2.67. The maximum atomic E-state index is 14.7. The molecule has 10 N–H and O–H groups in total. The molecule has 23 atom stereocenters. The van der Waals surface area contributed by atoms with Gasteiger partial charge in [0.1, 0.15) is 61.0 Å². The summed E-state index contributed by atoms with van der Waals surface area (Å²) in [5.74, 6) is -1.59. The first-order valence-electron chi connectivity index (χ1n) is 24.3. The minimum absolute atomic E-state index is 0.0740. The fourth-order valence-corrected chi connectivity index (χ4v) is 14.9. The molecule has 19 heteroatoms. The highest BCUT2D eigenvalue weighted by molar-refractivity contribution is 5.79. The van der Waals surface area contributed by atoms with Crippen molar-refractivity contribution in [2.75, 3.05) is 26.9 Å². The van der Waals surface area contributed by atoms with E-state index in [1.807, 2.05) is 6.92 Å². The van der Waals surface area contributed by atoms with Crippen LogP contribution in [0.15, 0.2) is 11.6 Å². The smallest absolute Gasteiger partial charge is 0.337 e. The van der Waals surface area contributed by atoms with Crippen LogP contribution in [-0.2, 0) is 42.7 Å². The van der Waals surface area contributed by atoms with Crippen LogP contribution in [0.25, 0.3) is 0 Å². The number of rotatable bonds is 9. The lowest BCUT2D eigenvalue weighted by Gasteiger charge is -2.71. The predicted molar refractivity (Wildman–Crippen MR) is 231 cm³/mol. The second-order valence-corrected chi connectivity index (χ2v) is 23.1. The van der Waals surface area contributed by atoms with Gasteiger partial charge >= 0.3 is 11.9 Å². The van der Waals surface area contributed by atoms with Crippen molar-refractivity contribution in [3.05, 3.63) is 11.6 Å². The van der Waals surface area contributed by atoms with Crippen LogP contribution in [0.4, 0.5) is 0 Å². The third-order valence-corrected chi connectivity index (χ3v) is 19.2. The number of carbonyl (C=O) groups is 2. The largest absolute Gasteiger partial charge is 0.467 e. The topological polar surface area (TPSA) is 301 Å². The molecule has 0 amide bonds. The molecule has 5 aliphatic carbocycles. The Morgan fingerprint density at radius 2 is 1.39 bits per heavy atom. The number of allylic oxidation sites excluding steroid dienone is 2. The minimum atomic E-state index is -1.82. The molecule has 19 nitrogen and oxygen atoms in total. The summed E-state index contributed by atoms with van der Waals surface area (Å²) >= 11 is 0.